The lowest BCUT2D eigenvalue weighted by atomic mass is 10.00. The van der Waals surface area contributed by atoms with Crippen LogP contribution < -0.4 is 25.3 Å². The summed E-state index contributed by atoms with van der Waals surface area (Å²) in [5.74, 6) is -1.30. The maximum atomic E-state index is 13.8. The molecule has 4 aromatic rings. The minimum Gasteiger partial charge on any atom is -0.490 e. The van der Waals surface area contributed by atoms with E-state index in [9.17, 15) is 26.4 Å². The molecule has 4 N–H and O–H groups in total. The second kappa shape index (κ2) is 16.1. The van der Waals surface area contributed by atoms with Crippen LogP contribution in [-0.2, 0) is 26.0 Å². The van der Waals surface area contributed by atoms with Gasteiger partial charge in [-0.1, -0.05) is 30.7 Å². The van der Waals surface area contributed by atoms with Crippen molar-refractivity contribution in [2.24, 2.45) is 0 Å². The Morgan fingerprint density at radius 2 is 1.72 bits per heavy atom. The Labute approximate surface area is 287 Å². The number of nitrogen functional groups attached to an aromatic ring is 1. The fourth-order valence-corrected chi connectivity index (χ4v) is 7.12. The highest BCUT2D eigenvalue weighted by atomic mass is 32.2. The van der Waals surface area contributed by atoms with E-state index in [1.807, 2.05) is 26.8 Å². The van der Waals surface area contributed by atoms with Crippen LogP contribution in [0.5, 0.6) is 17.2 Å². The largest absolute Gasteiger partial charge is 0.490 e. The number of amides is 1. The summed E-state index contributed by atoms with van der Waals surface area (Å²) in [6.45, 7) is 6.15. The molecule has 1 atom stereocenters. The average Bonchev–Trinajstić information content (AvgIpc) is 3.02. The molecule has 0 saturated heterocycles. The molecule has 1 saturated carbocycles. The third-order valence-corrected chi connectivity index (χ3v) is 10.0. The number of carbonyl (C=O) groups is 2. The Kier molecular flexibility index (Phi) is 12.2. The Bertz CT molecular complexity index is 1930. The molecular weight excluding hydrogens is 679 g/mol. The molecule has 11 nitrogen and oxygen atoms in total. The minimum atomic E-state index is -5.08. The lowest BCUT2D eigenvalue weighted by Gasteiger charge is -2.26. The summed E-state index contributed by atoms with van der Waals surface area (Å²) in [5, 5.41) is 11.3. The number of aromatic nitrogens is 1. The van der Waals surface area contributed by atoms with Gasteiger partial charge in [-0.3, -0.25) is 4.79 Å². The third kappa shape index (κ3) is 9.34. The van der Waals surface area contributed by atoms with E-state index in [4.69, 9.17) is 29.8 Å². The lowest BCUT2D eigenvalue weighted by molar-refractivity contribution is -0.192. The van der Waals surface area contributed by atoms with Gasteiger partial charge in [0, 0.05) is 23.7 Å². The van der Waals surface area contributed by atoms with E-state index in [1.165, 1.54) is 0 Å². The summed E-state index contributed by atoms with van der Waals surface area (Å²) in [7, 11) is -3.48. The van der Waals surface area contributed by atoms with Gasteiger partial charge in [-0.15, -0.1) is 0 Å². The molecule has 1 aromatic heterocycles. The predicted molar refractivity (Wildman–Crippen MR) is 180 cm³/mol. The first-order valence-corrected chi connectivity index (χ1v) is 17.3. The first-order chi connectivity index (χ1) is 23.6. The molecule has 0 bridgehead atoms. The molecule has 268 valence electrons. The lowest BCUT2D eigenvalue weighted by Crippen LogP contribution is -2.33. The summed E-state index contributed by atoms with van der Waals surface area (Å²) < 4.78 is 76.3. The molecule has 1 fully saturated rings. The molecule has 1 unspecified atom stereocenters. The van der Waals surface area contributed by atoms with Crippen molar-refractivity contribution in [2.75, 3.05) is 12.3 Å². The number of nitrogens with two attached hydrogens (primary N) is 1. The molecular formula is C35H38F3N3O8S. The molecule has 5 rings (SSSR count). The Morgan fingerprint density at radius 3 is 2.34 bits per heavy atom. The number of fused-ring (bicyclic) bond motifs is 1. The van der Waals surface area contributed by atoms with Crippen molar-refractivity contribution in [3.63, 3.8) is 0 Å². The normalized spacial score (nSPS) is 13.8. The number of alkyl halides is 3. The zero-order chi connectivity index (χ0) is 36.6. The number of rotatable bonds is 12. The van der Waals surface area contributed by atoms with E-state index in [0.29, 0.717) is 53.6 Å². The van der Waals surface area contributed by atoms with Gasteiger partial charge >= 0.3 is 12.1 Å². The number of anilines is 1. The minimum absolute atomic E-state index is 0.0214. The number of halogens is 3. The van der Waals surface area contributed by atoms with Gasteiger partial charge in [0.15, 0.2) is 21.3 Å². The van der Waals surface area contributed by atoms with Gasteiger partial charge in [0.25, 0.3) is 5.91 Å². The van der Waals surface area contributed by atoms with Crippen LogP contribution in [0.25, 0.3) is 10.8 Å². The highest BCUT2D eigenvalue weighted by Gasteiger charge is 2.38. The predicted octanol–water partition coefficient (Wildman–Crippen LogP) is 6.40. The monoisotopic (exact) mass is 717 g/mol. The van der Waals surface area contributed by atoms with Crippen LogP contribution in [0.4, 0.5) is 19.0 Å². The van der Waals surface area contributed by atoms with Crippen LogP contribution >= 0.6 is 0 Å². The number of nitrogens with zero attached hydrogens (tertiary/aromatic N) is 1. The van der Waals surface area contributed by atoms with E-state index in [0.717, 1.165) is 17.2 Å². The van der Waals surface area contributed by atoms with E-state index in [1.54, 1.807) is 66.9 Å². The number of ether oxygens (including phenoxy) is 3. The quantitative estimate of drug-likeness (QED) is 0.149. The highest BCUT2D eigenvalue weighted by Crippen LogP contribution is 2.35. The number of hydrogen-bond donors (Lipinski definition) is 3. The number of sulfone groups is 1. The maximum Gasteiger partial charge on any atom is 0.490 e. The highest BCUT2D eigenvalue weighted by molar-refractivity contribution is 7.92. The molecule has 1 aliphatic carbocycles. The van der Waals surface area contributed by atoms with Gasteiger partial charge in [-0.25, -0.2) is 18.2 Å². The molecule has 0 spiro atoms. The van der Waals surface area contributed by atoms with E-state index in [-0.39, 0.29) is 22.8 Å². The summed E-state index contributed by atoms with van der Waals surface area (Å²) in [6, 6.07) is 19.2. The number of nitrogens with one attached hydrogen (secondary N) is 1. The van der Waals surface area contributed by atoms with Crippen molar-refractivity contribution in [1.29, 1.82) is 0 Å². The van der Waals surface area contributed by atoms with Crippen molar-refractivity contribution in [3.05, 3.63) is 84.1 Å². The average molecular weight is 718 g/mol. The van der Waals surface area contributed by atoms with Crippen LogP contribution in [0, 0.1) is 0 Å². The van der Waals surface area contributed by atoms with E-state index < -0.39 is 34.0 Å². The Morgan fingerprint density at radius 1 is 1.02 bits per heavy atom. The summed E-state index contributed by atoms with van der Waals surface area (Å²) in [6.07, 6.45) is -2.40. The van der Waals surface area contributed by atoms with Crippen molar-refractivity contribution >= 4 is 38.3 Å². The fourth-order valence-electron chi connectivity index (χ4n) is 5.03. The summed E-state index contributed by atoms with van der Waals surface area (Å²) in [5.41, 5.74) is 7.10. The van der Waals surface area contributed by atoms with E-state index in [2.05, 4.69) is 10.3 Å². The summed E-state index contributed by atoms with van der Waals surface area (Å²) >= 11 is 0. The SMILES string of the molecule is CCOc1cc(C(Oc2ccc3c(N)nccc3c2)C(=O)NCc2ccccc2S(=O)(=O)C2CCC2)ccc1OC(C)C.O=C(O)C(F)(F)F. The first kappa shape index (κ1) is 37.8. The zero-order valence-electron chi connectivity index (χ0n) is 27.6. The van der Waals surface area contributed by atoms with Crippen LogP contribution in [0.3, 0.4) is 0 Å². The number of pyridine rings is 1. The van der Waals surface area contributed by atoms with Crippen LogP contribution in [0.15, 0.2) is 77.8 Å². The zero-order valence-corrected chi connectivity index (χ0v) is 28.4. The molecule has 15 heteroatoms. The number of carbonyl (C=O) groups excluding carboxylic acids is 1. The van der Waals surface area contributed by atoms with Crippen molar-refractivity contribution in [1.82, 2.24) is 10.3 Å². The fraction of sp³-hybridized carbons (Fsp3) is 0.343. The second-order valence-electron chi connectivity index (χ2n) is 11.6. The summed E-state index contributed by atoms with van der Waals surface area (Å²) in [4.78, 5) is 27.1. The molecule has 0 radical (unpaired) electrons. The molecule has 0 aliphatic heterocycles. The topological polar surface area (TPSA) is 167 Å². The Balaban J connectivity index is 0.000000727. The standard InChI is InChI=1S/C33H37N3O6S.C2HF3O2/c1-4-40-29-19-23(12-15-28(29)41-21(2)3)31(42-25-13-14-27-22(18-25)16-17-35-32(27)34)33(37)36-20-24-8-5-6-11-30(24)43(38,39)26-9-7-10-26;3-2(4,5)1(6)7/h5-6,8,11-19,21,26,31H,4,7,9-10,20H2,1-3H3,(H2,34,35)(H,36,37);(H,6,7). The van der Waals surface area contributed by atoms with Crippen molar-refractivity contribution < 1.29 is 50.5 Å². The maximum absolute atomic E-state index is 13.8. The second-order valence-corrected chi connectivity index (χ2v) is 13.8. The number of carboxylic acids is 1. The third-order valence-electron chi connectivity index (χ3n) is 7.66. The number of aliphatic carboxylic acids is 1. The number of benzene rings is 3. The van der Waals surface area contributed by atoms with Gasteiger partial charge in [-0.2, -0.15) is 13.2 Å². The number of hydrogen-bond acceptors (Lipinski definition) is 9. The molecule has 50 heavy (non-hydrogen) atoms. The van der Waals surface area contributed by atoms with Crippen LogP contribution in [0.1, 0.15) is 57.3 Å². The van der Waals surface area contributed by atoms with E-state index >= 15 is 0 Å². The van der Waals surface area contributed by atoms with Gasteiger partial charge in [0.05, 0.1) is 22.9 Å². The van der Waals surface area contributed by atoms with Gasteiger partial charge in [0.1, 0.15) is 11.6 Å². The Hall–Kier alpha value is -5.05. The van der Waals surface area contributed by atoms with Crippen molar-refractivity contribution in [2.45, 2.75) is 75.1 Å². The van der Waals surface area contributed by atoms with Gasteiger partial charge in [0.2, 0.25) is 6.10 Å². The van der Waals surface area contributed by atoms with Crippen molar-refractivity contribution in [3.8, 4) is 17.2 Å². The molecule has 1 heterocycles. The smallest absolute Gasteiger partial charge is 0.490 e. The number of carboxylic acid groups (broad SMARTS) is 1. The molecule has 3 aromatic carbocycles. The van der Waals surface area contributed by atoms with Crippen LogP contribution in [-0.4, -0.2) is 54.5 Å². The molecule has 1 amide bonds. The van der Waals surface area contributed by atoms with Gasteiger partial charge in [-0.05, 0) is 87.0 Å². The van der Waals surface area contributed by atoms with Crippen LogP contribution in [0.2, 0.25) is 0 Å². The molecule has 1 aliphatic rings. The van der Waals surface area contributed by atoms with Gasteiger partial charge < -0.3 is 30.4 Å². The first-order valence-electron chi connectivity index (χ1n) is 15.8.